The van der Waals surface area contributed by atoms with Gasteiger partial charge in [0.1, 0.15) is 54.6 Å². The van der Waals surface area contributed by atoms with Crippen LogP contribution < -0.4 is 32.8 Å². The van der Waals surface area contributed by atoms with Gasteiger partial charge in [-0.1, -0.05) is 4.98 Å². The number of hydrogen-bond donors (Lipinski definition) is 11. The van der Waals surface area contributed by atoms with Crippen LogP contribution in [0.2, 0.25) is 0 Å². The predicted octanol–water partition coefficient (Wildman–Crippen LogP) is -3.90. The summed E-state index contributed by atoms with van der Waals surface area (Å²) in [6.45, 7) is -0.797. The Morgan fingerprint density at radius 2 is 1.44 bits per heavy atom. The summed E-state index contributed by atoms with van der Waals surface area (Å²) in [7, 11) is -20.8. The van der Waals surface area contributed by atoms with Crippen molar-refractivity contribution in [2.24, 2.45) is 13.0 Å². The molecule has 4 saturated heterocycles. The van der Waals surface area contributed by atoms with E-state index in [0.717, 1.165) is 36.6 Å². The Kier molecular flexibility index (Phi) is 17.4. The molecule has 0 aliphatic carbocycles. The molecule has 4 aliphatic heterocycles. The molecule has 0 amide bonds. The van der Waals surface area contributed by atoms with Crippen molar-refractivity contribution in [2.45, 2.75) is 73.9 Å². The maximum Gasteiger partial charge on any atom is 0.490 e. The van der Waals surface area contributed by atoms with Gasteiger partial charge in [0.05, 0.1) is 52.5 Å². The fourth-order valence-electron chi connectivity index (χ4n) is 9.39. The number of hydrogen-bond acceptors (Lipinski definition) is 28. The number of morpholine rings is 1. The zero-order chi connectivity index (χ0) is 56.9. The molecule has 9 heterocycles. The van der Waals surface area contributed by atoms with Crippen LogP contribution in [0.1, 0.15) is 25.1 Å². The molecule has 5 aromatic heterocycles. The van der Waals surface area contributed by atoms with Crippen molar-refractivity contribution in [3.63, 3.8) is 0 Å². The normalized spacial score (nSPS) is 30.8. The number of aromatic amines is 2. The number of methoxy groups -OCH3 is 1. The van der Waals surface area contributed by atoms with Crippen molar-refractivity contribution >= 4 is 65.4 Å². The maximum absolute atomic E-state index is 13.6. The van der Waals surface area contributed by atoms with E-state index in [4.69, 9.17) is 53.2 Å². The first kappa shape index (κ1) is 59.0. The lowest BCUT2D eigenvalue weighted by Crippen LogP contribution is -2.45. The average molecular weight is 1200 g/mol. The van der Waals surface area contributed by atoms with Gasteiger partial charge < -0.3 is 70.0 Å². The third kappa shape index (κ3) is 13.0. The van der Waals surface area contributed by atoms with Crippen LogP contribution in [0.5, 0.6) is 0 Å². The molecule has 6 unspecified atom stereocenters. The van der Waals surface area contributed by atoms with Gasteiger partial charge in [-0.25, -0.2) is 42.6 Å². The molecule has 9 rings (SSSR count). The van der Waals surface area contributed by atoms with Crippen molar-refractivity contribution in [1.82, 2.24) is 48.5 Å². The molecule has 42 heteroatoms. The van der Waals surface area contributed by atoms with Crippen LogP contribution >= 0.6 is 31.3 Å². The number of aliphatic hydroxyl groups is 3. The Balaban J connectivity index is 0.873. The summed E-state index contributed by atoms with van der Waals surface area (Å²) in [5, 5.41) is 33.0. The standard InChI is InChI=1S/C37H53N13O25P4/c1-46-16-50(31-23(46)32(55)45-36(39)44-31)33-24(52)17(3-5-47-7-9-66-10-8-47)18(70-33)11-68-77(59,60)74-79(63,64)75-78(61,62)69-13-20-27(28(65-2)35(72-20)49-15-42-22-29(38)40-14-41-30(22)49)73-76(57,58)67-12-19-25(53)26(54)34(71-19)48-6-4-21(51)43-37(48)56/h4,6,14-20,24-28,33-35,52-54H,3,5,7-13H2,1-2H3,(H9-,38,39,40,41,43,44,45,51,55,56,57,58,59,60,61,62,63,64)/p+1/t17-,18-,19-,20?,24-,25-,26-,27-,28-,33?,34-,35-/m1/s1. The summed E-state index contributed by atoms with van der Waals surface area (Å²) in [6, 6.07) is 0.929. The third-order valence-corrected chi connectivity index (χ3v) is 18.3. The van der Waals surface area contributed by atoms with Crippen molar-refractivity contribution < 1.29 is 108 Å². The highest BCUT2D eigenvalue weighted by molar-refractivity contribution is 7.66. The summed E-state index contributed by atoms with van der Waals surface area (Å²) in [5.41, 5.74) is 9.48. The van der Waals surface area contributed by atoms with Crippen molar-refractivity contribution in [3.8, 4) is 0 Å². The van der Waals surface area contributed by atoms with E-state index >= 15 is 0 Å². The number of aryl methyl sites for hydroxylation is 1. The van der Waals surface area contributed by atoms with Gasteiger partial charge in [-0.3, -0.25) is 56.3 Å². The lowest BCUT2D eigenvalue weighted by atomic mass is 9.94. The SMILES string of the molecule is CO[C@@H]1[C@H](OP(=O)(O)OC[C@H]2O[C@@H](n3ccc(=O)[nH]c3=O)[C@H](O)[C@@H]2O)C(COP(=O)(O)OP(=O)(O)OP(=O)(O)OC[C@H]2OC([n+]3cn(C)c4c(=O)[nH]c(N)nc43)[C@H](O)[C@@H]2CCN2CCOCC2)O[C@H]1n1cnc2c(N)ncnc21. The number of aromatic nitrogens is 10. The average Bonchev–Trinajstić information content (AvgIpc) is 4.32. The third-order valence-electron chi connectivity index (χ3n) is 13.0. The summed E-state index contributed by atoms with van der Waals surface area (Å²) in [6.07, 6.45) is -12.8. The monoisotopic (exact) mass is 1200 g/mol. The second-order valence-corrected chi connectivity index (χ2v) is 24.2. The van der Waals surface area contributed by atoms with Crippen LogP contribution in [-0.2, 0) is 75.7 Å². The topological polar surface area (TPSA) is 520 Å². The largest absolute Gasteiger partial charge is 0.490 e. The van der Waals surface area contributed by atoms with Crippen LogP contribution in [-0.4, -0.2) is 192 Å². The number of imidazole rings is 2. The van der Waals surface area contributed by atoms with E-state index in [1.165, 1.54) is 27.1 Å². The number of nitrogens with one attached hydrogen (secondary N) is 2. The van der Waals surface area contributed by atoms with E-state index in [1.54, 1.807) is 0 Å². The second kappa shape index (κ2) is 23.3. The first-order valence-electron chi connectivity index (χ1n) is 23.4. The fraction of sp³-hybridized carbons (Fsp3) is 0.622. The molecule has 0 saturated carbocycles. The van der Waals surface area contributed by atoms with Crippen LogP contribution in [0, 0.1) is 5.92 Å². The van der Waals surface area contributed by atoms with Gasteiger partial charge in [-0.05, 0) is 13.0 Å². The fourth-order valence-corrected chi connectivity index (χ4v) is 13.9. The first-order valence-corrected chi connectivity index (χ1v) is 29.4. The van der Waals surface area contributed by atoms with Crippen LogP contribution in [0.4, 0.5) is 11.8 Å². The van der Waals surface area contributed by atoms with Crippen LogP contribution in [0.3, 0.4) is 0 Å². The minimum atomic E-state index is -6.19. The smallest absolute Gasteiger partial charge is 0.387 e. The molecule has 0 bridgehead atoms. The highest BCUT2D eigenvalue weighted by atomic mass is 31.3. The minimum absolute atomic E-state index is 0.0116. The van der Waals surface area contributed by atoms with E-state index in [0.29, 0.717) is 32.8 Å². The molecule has 4 aliphatic rings. The molecular formula is C37H54N13O25P4+. The lowest BCUT2D eigenvalue weighted by molar-refractivity contribution is -0.745. The van der Waals surface area contributed by atoms with Gasteiger partial charge in [-0.15, -0.1) is 0 Å². The van der Waals surface area contributed by atoms with E-state index in [9.17, 15) is 67.5 Å². The Morgan fingerprint density at radius 3 is 2.13 bits per heavy atom. The summed E-state index contributed by atoms with van der Waals surface area (Å²) < 4.78 is 116. The number of ether oxygens (including phenoxy) is 5. The quantitative estimate of drug-likeness (QED) is 0.0233. The molecule has 16 atom stereocenters. The number of nitrogen functional groups attached to an aromatic ring is 2. The van der Waals surface area contributed by atoms with Gasteiger partial charge in [0.2, 0.25) is 11.7 Å². The van der Waals surface area contributed by atoms with Gasteiger partial charge in [0, 0.05) is 38.4 Å². The van der Waals surface area contributed by atoms with Crippen molar-refractivity contribution in [2.75, 3.05) is 71.2 Å². The molecule has 0 spiro atoms. The number of H-pyrrole nitrogens is 2. The zero-order valence-electron chi connectivity index (χ0n) is 41.1. The highest BCUT2D eigenvalue weighted by Crippen LogP contribution is 2.68. The molecule has 0 aromatic carbocycles. The molecule has 79 heavy (non-hydrogen) atoms. The number of phosphoric acid groups is 4. The Morgan fingerprint density at radius 1 is 0.785 bits per heavy atom. The number of nitrogens with two attached hydrogens (primary N) is 2. The Hall–Kier alpha value is -4.66. The van der Waals surface area contributed by atoms with E-state index < -0.39 is 141 Å². The van der Waals surface area contributed by atoms with E-state index in [-0.39, 0.29) is 40.5 Å². The van der Waals surface area contributed by atoms with Crippen molar-refractivity contribution in [1.29, 1.82) is 0 Å². The number of aliphatic hydroxyl groups excluding tert-OH is 3. The molecule has 38 nitrogen and oxygen atoms in total. The number of phosphoric ester groups is 3. The van der Waals surface area contributed by atoms with Crippen LogP contribution in [0.25, 0.3) is 22.3 Å². The number of fused-ring (bicyclic) bond motifs is 2. The zero-order valence-corrected chi connectivity index (χ0v) is 44.7. The van der Waals surface area contributed by atoms with Gasteiger partial charge in [0.25, 0.3) is 17.1 Å². The number of rotatable bonds is 22. The van der Waals surface area contributed by atoms with E-state index in [1.807, 2.05) is 9.88 Å². The molecule has 13 N–H and O–H groups in total. The highest BCUT2D eigenvalue weighted by Gasteiger charge is 2.54. The lowest BCUT2D eigenvalue weighted by Gasteiger charge is -2.29. The molecular weight excluding hydrogens is 1150 g/mol. The van der Waals surface area contributed by atoms with Gasteiger partial charge >= 0.3 is 42.6 Å². The van der Waals surface area contributed by atoms with Crippen LogP contribution in [0.15, 0.2) is 45.6 Å². The Labute approximate surface area is 441 Å². The number of anilines is 2. The van der Waals surface area contributed by atoms with Gasteiger partial charge in [0.15, 0.2) is 30.2 Å². The second-order valence-electron chi connectivity index (χ2n) is 18.1. The van der Waals surface area contributed by atoms with E-state index in [2.05, 4.69) is 33.5 Å². The van der Waals surface area contributed by atoms with Gasteiger partial charge in [-0.2, -0.15) is 8.62 Å². The summed E-state index contributed by atoms with van der Waals surface area (Å²) >= 11 is 0. The molecule has 5 aromatic rings. The Bertz CT molecular complexity index is 3410. The summed E-state index contributed by atoms with van der Waals surface area (Å²) in [4.78, 5) is 102. The van der Waals surface area contributed by atoms with Crippen molar-refractivity contribution in [3.05, 3.63) is 62.4 Å². The maximum atomic E-state index is 13.6. The minimum Gasteiger partial charge on any atom is -0.387 e. The first-order chi connectivity index (χ1) is 37.2. The molecule has 4 fully saturated rings. The molecule has 436 valence electrons. The number of nitrogens with zero attached hydrogens (tertiary/aromatic N) is 9. The summed E-state index contributed by atoms with van der Waals surface area (Å²) in [5.74, 6) is -1.22. The predicted molar refractivity (Wildman–Crippen MR) is 257 cm³/mol. The molecule has 0 radical (unpaired) electrons.